The van der Waals surface area contributed by atoms with Crippen molar-refractivity contribution in [1.82, 2.24) is 14.5 Å². The molecule has 198 valence electrons. The fourth-order valence-electron chi connectivity index (χ4n) is 4.14. The number of nitrogens with two attached hydrogens (primary N) is 1. The number of aryl methyl sites for hydroxylation is 1. The molecule has 0 saturated carbocycles. The maximum Gasteiger partial charge on any atom is 0.267 e. The van der Waals surface area contributed by atoms with Crippen LogP contribution in [0.5, 0.6) is 5.88 Å². The Kier molecular flexibility index (Phi) is 6.48. The number of benzene rings is 3. The van der Waals surface area contributed by atoms with Gasteiger partial charge in [-0.05, 0) is 60.5 Å². The molecule has 0 radical (unpaired) electrons. The van der Waals surface area contributed by atoms with Crippen LogP contribution < -0.4 is 20.8 Å². The summed E-state index contributed by atoms with van der Waals surface area (Å²) >= 11 is 0. The van der Waals surface area contributed by atoms with Crippen molar-refractivity contribution in [1.29, 1.82) is 0 Å². The van der Waals surface area contributed by atoms with Crippen LogP contribution in [0, 0.1) is 18.6 Å². The molecule has 0 amide bonds. The molecule has 5 rings (SSSR count). The van der Waals surface area contributed by atoms with Crippen molar-refractivity contribution in [3.05, 3.63) is 100 Å². The van der Waals surface area contributed by atoms with Crippen LogP contribution >= 0.6 is 0 Å². The highest BCUT2D eigenvalue weighted by Crippen LogP contribution is 2.31. The lowest BCUT2D eigenvalue weighted by Gasteiger charge is -2.14. The molecule has 3 N–H and O–H groups in total. The van der Waals surface area contributed by atoms with Crippen LogP contribution in [-0.2, 0) is 10.0 Å². The Morgan fingerprint density at radius 2 is 1.79 bits per heavy atom. The predicted octanol–water partition coefficient (Wildman–Crippen LogP) is 4.43. The molecule has 0 bridgehead atoms. The van der Waals surface area contributed by atoms with Gasteiger partial charge in [0.1, 0.15) is 22.2 Å². The first kappa shape index (κ1) is 25.8. The number of hydrogen-bond donors (Lipinski definition) is 2. The van der Waals surface area contributed by atoms with Gasteiger partial charge < -0.3 is 10.5 Å². The highest BCUT2D eigenvalue weighted by atomic mass is 32.2. The minimum Gasteiger partial charge on any atom is -0.480 e. The van der Waals surface area contributed by atoms with E-state index in [0.29, 0.717) is 28.4 Å². The molecule has 0 fully saturated rings. The predicted molar refractivity (Wildman–Crippen MR) is 143 cm³/mol. The van der Waals surface area contributed by atoms with Crippen LogP contribution in [0.4, 0.5) is 20.4 Å². The van der Waals surface area contributed by atoms with Gasteiger partial charge in [-0.25, -0.2) is 31.7 Å². The van der Waals surface area contributed by atoms with E-state index in [1.165, 1.54) is 23.9 Å². The summed E-state index contributed by atoms with van der Waals surface area (Å²) in [4.78, 5) is 21.2. The van der Waals surface area contributed by atoms with Crippen molar-refractivity contribution in [3.63, 3.8) is 0 Å². The lowest BCUT2D eigenvalue weighted by Crippen LogP contribution is -2.23. The van der Waals surface area contributed by atoms with E-state index in [1.807, 2.05) is 19.1 Å². The van der Waals surface area contributed by atoms with Gasteiger partial charge in [0.2, 0.25) is 11.8 Å². The fraction of sp³-hybridized carbons (Fsp3) is 0.0741. The molecule has 0 atom stereocenters. The maximum absolute atomic E-state index is 14.2. The van der Waals surface area contributed by atoms with E-state index in [4.69, 9.17) is 10.5 Å². The normalized spacial score (nSPS) is 11.5. The van der Waals surface area contributed by atoms with E-state index in [-0.39, 0.29) is 28.5 Å². The summed E-state index contributed by atoms with van der Waals surface area (Å²) in [7, 11) is -3.18. The van der Waals surface area contributed by atoms with Gasteiger partial charge in [-0.1, -0.05) is 18.2 Å². The summed E-state index contributed by atoms with van der Waals surface area (Å²) in [5.41, 5.74) is 8.45. The monoisotopic (exact) mass is 549 g/mol. The fourth-order valence-corrected chi connectivity index (χ4v) is 5.25. The van der Waals surface area contributed by atoms with Gasteiger partial charge in [0.05, 0.1) is 23.7 Å². The molecule has 5 aromatic rings. The third-order valence-electron chi connectivity index (χ3n) is 5.96. The number of fused-ring (bicyclic) bond motifs is 1. The lowest BCUT2D eigenvalue weighted by atomic mass is 10.0. The van der Waals surface area contributed by atoms with E-state index in [0.717, 1.165) is 17.7 Å². The third-order valence-corrected chi connectivity index (χ3v) is 7.36. The van der Waals surface area contributed by atoms with Gasteiger partial charge in [-0.15, -0.1) is 0 Å². The SMILES string of the molecule is COc1ncc(-c2ccc3nc(N)n(-c4cccc(C)c4)c(=O)c3c2)cc1NS(=O)(=O)c1ccc(F)cc1F. The first-order valence-corrected chi connectivity index (χ1v) is 13.0. The zero-order valence-electron chi connectivity index (χ0n) is 20.6. The molecule has 3 aromatic carbocycles. The number of halogens is 2. The molecule has 2 aromatic heterocycles. The molecule has 39 heavy (non-hydrogen) atoms. The van der Waals surface area contributed by atoms with Crippen LogP contribution in [0.3, 0.4) is 0 Å². The first-order valence-electron chi connectivity index (χ1n) is 11.5. The minimum absolute atomic E-state index is 0.0293. The zero-order valence-corrected chi connectivity index (χ0v) is 21.5. The minimum atomic E-state index is -4.47. The molecule has 0 aliphatic carbocycles. The highest BCUT2D eigenvalue weighted by molar-refractivity contribution is 7.92. The maximum atomic E-state index is 14.2. The average Bonchev–Trinajstić information content (AvgIpc) is 2.88. The Hall–Kier alpha value is -4.84. The van der Waals surface area contributed by atoms with Crippen molar-refractivity contribution in [2.75, 3.05) is 17.6 Å². The van der Waals surface area contributed by atoms with Crippen molar-refractivity contribution in [3.8, 4) is 22.7 Å². The Morgan fingerprint density at radius 3 is 2.51 bits per heavy atom. The molecular formula is C27H21F2N5O4S. The lowest BCUT2D eigenvalue weighted by molar-refractivity contribution is 0.400. The molecule has 0 saturated heterocycles. The number of nitrogens with zero attached hydrogens (tertiary/aromatic N) is 3. The Morgan fingerprint density at radius 1 is 1.00 bits per heavy atom. The van der Waals surface area contributed by atoms with Gasteiger partial charge in [0, 0.05) is 17.8 Å². The third kappa shape index (κ3) is 4.89. The van der Waals surface area contributed by atoms with E-state index in [1.54, 1.807) is 30.3 Å². The number of anilines is 2. The van der Waals surface area contributed by atoms with Crippen LogP contribution in [0.15, 0.2) is 82.6 Å². The van der Waals surface area contributed by atoms with Crippen LogP contribution in [0.1, 0.15) is 5.56 Å². The number of pyridine rings is 1. The smallest absolute Gasteiger partial charge is 0.267 e. The summed E-state index contributed by atoms with van der Waals surface area (Å²) in [6, 6.07) is 15.7. The summed E-state index contributed by atoms with van der Waals surface area (Å²) in [6.07, 6.45) is 1.43. The standard InChI is InChI=1S/C27H21F2N5O4S/c1-15-4-3-5-19(10-15)34-26(35)20-11-16(6-8-22(20)32-27(34)30)17-12-23(25(38-2)31-14-17)33-39(36,37)24-9-7-18(28)13-21(24)29/h3-14,33H,1-2H3,(H2,30,32). The number of nitrogens with one attached hydrogen (secondary N) is 1. The number of rotatable bonds is 6. The van der Waals surface area contributed by atoms with Crippen molar-refractivity contribution >= 4 is 32.6 Å². The Bertz CT molecular complexity index is 1930. The zero-order chi connectivity index (χ0) is 27.9. The molecule has 12 heteroatoms. The van der Waals surface area contributed by atoms with Gasteiger partial charge >= 0.3 is 0 Å². The van der Waals surface area contributed by atoms with Gasteiger partial charge in [-0.3, -0.25) is 9.52 Å². The summed E-state index contributed by atoms with van der Waals surface area (Å²) < 4.78 is 62.0. The summed E-state index contributed by atoms with van der Waals surface area (Å²) in [5, 5.41) is 0.273. The first-order chi connectivity index (χ1) is 18.6. The largest absolute Gasteiger partial charge is 0.480 e. The molecule has 2 heterocycles. The molecular weight excluding hydrogens is 528 g/mol. The molecule has 0 aliphatic rings. The van der Waals surface area contributed by atoms with Crippen LogP contribution in [-0.4, -0.2) is 30.1 Å². The summed E-state index contributed by atoms with van der Waals surface area (Å²) in [6.45, 7) is 1.89. The number of nitrogen functional groups attached to an aromatic ring is 1. The quantitative estimate of drug-likeness (QED) is 0.321. The van der Waals surface area contributed by atoms with Crippen molar-refractivity contribution in [2.45, 2.75) is 11.8 Å². The summed E-state index contributed by atoms with van der Waals surface area (Å²) in [5.74, 6) is -2.22. The Balaban J connectivity index is 1.60. The van der Waals surface area contributed by atoms with Gasteiger partial charge in [0.25, 0.3) is 15.6 Å². The van der Waals surface area contributed by atoms with E-state index < -0.39 is 26.6 Å². The second-order valence-corrected chi connectivity index (χ2v) is 10.3. The van der Waals surface area contributed by atoms with Crippen molar-refractivity contribution in [2.24, 2.45) is 0 Å². The van der Waals surface area contributed by atoms with Crippen LogP contribution in [0.2, 0.25) is 0 Å². The van der Waals surface area contributed by atoms with Gasteiger partial charge in [-0.2, -0.15) is 0 Å². The molecule has 0 unspecified atom stereocenters. The van der Waals surface area contributed by atoms with Gasteiger partial charge in [0.15, 0.2) is 0 Å². The van der Waals surface area contributed by atoms with E-state index in [9.17, 15) is 22.0 Å². The van der Waals surface area contributed by atoms with Crippen LogP contribution in [0.25, 0.3) is 27.7 Å². The van der Waals surface area contributed by atoms with E-state index in [2.05, 4.69) is 14.7 Å². The topological polar surface area (TPSA) is 129 Å². The Labute approximate surface area is 221 Å². The molecule has 0 aliphatic heterocycles. The van der Waals surface area contributed by atoms with Crippen molar-refractivity contribution < 1.29 is 21.9 Å². The second kappa shape index (κ2) is 9.80. The highest BCUT2D eigenvalue weighted by Gasteiger charge is 2.22. The molecule has 9 nitrogen and oxygen atoms in total. The number of methoxy groups -OCH3 is 1. The second-order valence-electron chi connectivity index (χ2n) is 8.64. The average molecular weight is 550 g/mol. The molecule has 0 spiro atoms. The number of hydrogen-bond acceptors (Lipinski definition) is 7. The van der Waals surface area contributed by atoms with E-state index >= 15 is 0 Å². The number of aromatic nitrogens is 3. The number of sulfonamides is 1. The number of ether oxygens (including phenoxy) is 1.